The first-order valence-electron chi connectivity index (χ1n) is 8.35. The molecule has 7 heteroatoms. The zero-order chi connectivity index (χ0) is 16.5. The molecule has 1 aromatic carbocycles. The second-order valence-electron chi connectivity index (χ2n) is 6.25. The minimum atomic E-state index is -0.282. The van der Waals surface area contributed by atoms with Crippen molar-refractivity contribution in [2.45, 2.75) is 18.9 Å². The van der Waals surface area contributed by atoms with E-state index in [1.165, 1.54) is 0 Å². The highest BCUT2D eigenvalue weighted by Crippen LogP contribution is 2.18. The van der Waals surface area contributed by atoms with E-state index in [0.29, 0.717) is 38.3 Å². The predicted octanol–water partition coefficient (Wildman–Crippen LogP) is 1.03. The topological polar surface area (TPSA) is 78.5 Å². The van der Waals surface area contributed by atoms with Crippen LogP contribution in [0.5, 0.6) is 0 Å². The quantitative estimate of drug-likeness (QED) is 0.893. The molecule has 2 amide bonds. The summed E-state index contributed by atoms with van der Waals surface area (Å²) in [6.45, 7) is 2.91. The maximum absolute atomic E-state index is 12.7. The van der Waals surface area contributed by atoms with Crippen LogP contribution in [0.4, 0.5) is 0 Å². The molecule has 0 spiro atoms. The molecule has 0 saturated carbocycles. The lowest BCUT2D eigenvalue weighted by Gasteiger charge is -2.35. The summed E-state index contributed by atoms with van der Waals surface area (Å²) >= 11 is 0. The summed E-state index contributed by atoms with van der Waals surface area (Å²) in [5.41, 5.74) is 2.34. The molecule has 24 heavy (non-hydrogen) atoms. The van der Waals surface area contributed by atoms with Gasteiger partial charge >= 0.3 is 0 Å². The molecular formula is C17H20N4O3. The van der Waals surface area contributed by atoms with Crippen molar-refractivity contribution in [1.29, 1.82) is 0 Å². The van der Waals surface area contributed by atoms with Crippen LogP contribution in [-0.2, 0) is 9.53 Å². The van der Waals surface area contributed by atoms with Crippen LogP contribution in [0.2, 0.25) is 0 Å². The summed E-state index contributed by atoms with van der Waals surface area (Å²) < 4.78 is 5.46. The minimum absolute atomic E-state index is 0.00397. The van der Waals surface area contributed by atoms with Crippen LogP contribution in [0.25, 0.3) is 11.0 Å². The third-order valence-corrected chi connectivity index (χ3v) is 4.75. The molecule has 3 heterocycles. The van der Waals surface area contributed by atoms with Crippen LogP contribution in [0.15, 0.2) is 24.5 Å². The number of piperazine rings is 1. The number of nitrogens with zero attached hydrogens (tertiary/aromatic N) is 3. The summed E-state index contributed by atoms with van der Waals surface area (Å²) in [5.74, 6) is 0.0641. The molecule has 2 aliphatic rings. The van der Waals surface area contributed by atoms with Gasteiger partial charge in [0.05, 0.1) is 17.4 Å². The Kier molecular flexibility index (Phi) is 3.93. The number of benzene rings is 1. The van der Waals surface area contributed by atoms with Gasteiger partial charge in [0.15, 0.2) is 0 Å². The van der Waals surface area contributed by atoms with Gasteiger partial charge in [0.1, 0.15) is 6.10 Å². The fourth-order valence-electron chi connectivity index (χ4n) is 3.36. The van der Waals surface area contributed by atoms with Gasteiger partial charge < -0.3 is 19.5 Å². The highest BCUT2D eigenvalue weighted by Gasteiger charge is 2.31. The zero-order valence-corrected chi connectivity index (χ0v) is 13.4. The molecule has 1 aromatic heterocycles. The zero-order valence-electron chi connectivity index (χ0n) is 13.4. The minimum Gasteiger partial charge on any atom is -0.368 e. The Hall–Kier alpha value is -2.41. The Morgan fingerprint density at radius 1 is 1.17 bits per heavy atom. The monoisotopic (exact) mass is 328 g/mol. The summed E-state index contributed by atoms with van der Waals surface area (Å²) in [5, 5.41) is 0. The van der Waals surface area contributed by atoms with Gasteiger partial charge in [-0.2, -0.15) is 0 Å². The largest absolute Gasteiger partial charge is 0.368 e. The second kappa shape index (κ2) is 6.24. The van der Waals surface area contributed by atoms with Crippen molar-refractivity contribution in [2.75, 3.05) is 32.8 Å². The van der Waals surface area contributed by atoms with Gasteiger partial charge in [-0.25, -0.2) is 4.98 Å². The normalized spacial score (nSPS) is 21.4. The Bertz CT molecular complexity index is 758. The standard InChI is InChI=1S/C17H20N4O3/c22-16(12-3-4-13-14(10-12)19-11-18-13)20-5-7-21(8-6-20)17(23)15-2-1-9-24-15/h3-4,10-11,15H,1-2,5-9H2,(H,18,19). The fourth-order valence-corrected chi connectivity index (χ4v) is 3.36. The number of imidazole rings is 1. The van der Waals surface area contributed by atoms with Crippen LogP contribution in [0, 0.1) is 0 Å². The van der Waals surface area contributed by atoms with Gasteiger partial charge in [-0.3, -0.25) is 9.59 Å². The molecule has 2 aromatic rings. The van der Waals surface area contributed by atoms with Crippen molar-refractivity contribution < 1.29 is 14.3 Å². The highest BCUT2D eigenvalue weighted by atomic mass is 16.5. The first-order valence-corrected chi connectivity index (χ1v) is 8.35. The molecule has 126 valence electrons. The number of nitrogens with one attached hydrogen (secondary N) is 1. The van der Waals surface area contributed by atoms with Gasteiger partial charge in [-0.15, -0.1) is 0 Å². The maximum atomic E-state index is 12.7. The van der Waals surface area contributed by atoms with Crippen molar-refractivity contribution in [1.82, 2.24) is 19.8 Å². The third kappa shape index (κ3) is 2.75. The van der Waals surface area contributed by atoms with E-state index in [1.54, 1.807) is 17.3 Å². The van der Waals surface area contributed by atoms with Gasteiger partial charge in [0.25, 0.3) is 11.8 Å². The van der Waals surface area contributed by atoms with Gasteiger partial charge in [-0.1, -0.05) is 0 Å². The number of hydrogen-bond donors (Lipinski definition) is 1. The van der Waals surface area contributed by atoms with Gasteiger partial charge in [0.2, 0.25) is 0 Å². The summed E-state index contributed by atoms with van der Waals surface area (Å²) in [6.07, 6.45) is 3.09. The number of fused-ring (bicyclic) bond motifs is 1. The molecule has 4 rings (SSSR count). The molecule has 2 fully saturated rings. The van der Waals surface area contributed by atoms with Gasteiger partial charge in [0, 0.05) is 38.3 Å². The van der Waals surface area contributed by atoms with Crippen molar-refractivity contribution >= 4 is 22.8 Å². The van der Waals surface area contributed by atoms with Crippen LogP contribution in [0.3, 0.4) is 0 Å². The molecule has 1 unspecified atom stereocenters. The van der Waals surface area contributed by atoms with Crippen molar-refractivity contribution in [3.63, 3.8) is 0 Å². The number of ether oxygens (including phenoxy) is 1. The molecular weight excluding hydrogens is 308 g/mol. The highest BCUT2D eigenvalue weighted by molar-refractivity contribution is 5.97. The lowest BCUT2D eigenvalue weighted by Crippen LogP contribution is -2.52. The Balaban J connectivity index is 1.39. The predicted molar refractivity (Wildman–Crippen MR) is 87.6 cm³/mol. The molecule has 0 bridgehead atoms. The van der Waals surface area contributed by atoms with E-state index in [9.17, 15) is 9.59 Å². The SMILES string of the molecule is O=C(c1ccc2nc[nH]c2c1)N1CCN(C(=O)C2CCCO2)CC1. The number of rotatable bonds is 2. The molecule has 7 nitrogen and oxygen atoms in total. The first-order chi connectivity index (χ1) is 11.7. The molecule has 2 saturated heterocycles. The Labute approximate surface area is 139 Å². The second-order valence-corrected chi connectivity index (χ2v) is 6.25. The van der Waals surface area contributed by atoms with E-state index in [4.69, 9.17) is 4.74 Å². The molecule has 1 atom stereocenters. The van der Waals surface area contributed by atoms with Crippen LogP contribution >= 0.6 is 0 Å². The number of aromatic amines is 1. The van der Waals surface area contributed by atoms with Crippen LogP contribution < -0.4 is 0 Å². The van der Waals surface area contributed by atoms with Crippen molar-refractivity contribution in [3.05, 3.63) is 30.1 Å². The molecule has 1 N–H and O–H groups in total. The number of H-pyrrole nitrogens is 1. The summed E-state index contributed by atoms with van der Waals surface area (Å²) in [7, 11) is 0. The number of amides is 2. The van der Waals surface area contributed by atoms with Crippen molar-refractivity contribution in [2.24, 2.45) is 0 Å². The number of hydrogen-bond acceptors (Lipinski definition) is 4. The fraction of sp³-hybridized carbons (Fsp3) is 0.471. The Morgan fingerprint density at radius 3 is 2.71 bits per heavy atom. The lowest BCUT2D eigenvalue weighted by atomic mass is 10.1. The van der Waals surface area contributed by atoms with E-state index >= 15 is 0 Å². The van der Waals surface area contributed by atoms with Crippen LogP contribution in [0.1, 0.15) is 23.2 Å². The van der Waals surface area contributed by atoms with E-state index in [-0.39, 0.29) is 17.9 Å². The third-order valence-electron chi connectivity index (χ3n) is 4.75. The van der Waals surface area contributed by atoms with E-state index in [0.717, 1.165) is 23.9 Å². The molecule has 0 aliphatic carbocycles. The number of aromatic nitrogens is 2. The summed E-state index contributed by atoms with van der Waals surface area (Å²) in [4.78, 5) is 35.8. The number of carbonyl (C=O) groups excluding carboxylic acids is 2. The Morgan fingerprint density at radius 2 is 1.96 bits per heavy atom. The first kappa shape index (κ1) is 15.1. The van der Waals surface area contributed by atoms with Gasteiger partial charge in [-0.05, 0) is 31.0 Å². The van der Waals surface area contributed by atoms with E-state index < -0.39 is 0 Å². The molecule has 0 radical (unpaired) electrons. The van der Waals surface area contributed by atoms with Crippen LogP contribution in [-0.4, -0.2) is 70.5 Å². The smallest absolute Gasteiger partial charge is 0.254 e. The van der Waals surface area contributed by atoms with E-state index in [1.807, 2.05) is 17.0 Å². The van der Waals surface area contributed by atoms with Crippen molar-refractivity contribution in [3.8, 4) is 0 Å². The van der Waals surface area contributed by atoms with E-state index in [2.05, 4.69) is 9.97 Å². The summed E-state index contributed by atoms with van der Waals surface area (Å²) in [6, 6.07) is 5.47. The maximum Gasteiger partial charge on any atom is 0.254 e. The number of carbonyl (C=O) groups is 2. The average Bonchev–Trinajstić information content (AvgIpc) is 3.31. The lowest BCUT2D eigenvalue weighted by molar-refractivity contribution is -0.142. The molecule has 2 aliphatic heterocycles. The average molecular weight is 328 g/mol.